The minimum atomic E-state index is -0.621. The van der Waals surface area contributed by atoms with E-state index in [0.717, 1.165) is 6.08 Å². The lowest BCUT2D eigenvalue weighted by atomic mass is 10.3. The summed E-state index contributed by atoms with van der Waals surface area (Å²) < 4.78 is 5.31. The van der Waals surface area contributed by atoms with Gasteiger partial charge in [-0.1, -0.05) is 6.58 Å². The number of esters is 1. The van der Waals surface area contributed by atoms with E-state index >= 15 is 0 Å². The number of carbonyl (C=O) groups is 1. The first-order valence-electron chi connectivity index (χ1n) is 4.13. The van der Waals surface area contributed by atoms with Crippen LogP contribution in [-0.2, 0) is 9.53 Å². The smallest absolute Gasteiger partial charge is 0.330 e. The molecule has 0 aromatic heterocycles. The summed E-state index contributed by atoms with van der Waals surface area (Å²) in [5, 5.41) is 9.40. The molecule has 0 aliphatic heterocycles. The fraction of sp³-hybridized carbons (Fsp3) is 0.667. The molecule has 0 saturated heterocycles. The Labute approximate surface area is 91.2 Å². The molecule has 0 fully saturated rings. The van der Waals surface area contributed by atoms with Crippen molar-refractivity contribution in [3.63, 3.8) is 0 Å². The molecular formula is C9H18ClNO3. The third-order valence-electron chi connectivity index (χ3n) is 1.34. The van der Waals surface area contributed by atoms with Crippen LogP contribution in [0.25, 0.3) is 0 Å². The predicted octanol–water partition coefficient (Wildman–Crippen LogP) is -3.21. The SMILES string of the molecule is C=CC(=O)OCC(O)C[N+](C)(C)C.[Cl-]. The van der Waals surface area contributed by atoms with E-state index in [-0.39, 0.29) is 19.0 Å². The van der Waals surface area contributed by atoms with Gasteiger partial charge in [-0.3, -0.25) is 0 Å². The molecule has 0 aromatic rings. The molecule has 0 amide bonds. The summed E-state index contributed by atoms with van der Waals surface area (Å²) >= 11 is 0. The van der Waals surface area contributed by atoms with Crippen LogP contribution < -0.4 is 12.4 Å². The first kappa shape index (κ1) is 15.9. The molecule has 0 aromatic carbocycles. The summed E-state index contributed by atoms with van der Waals surface area (Å²) in [6.07, 6.45) is 0.461. The van der Waals surface area contributed by atoms with E-state index in [0.29, 0.717) is 11.0 Å². The van der Waals surface area contributed by atoms with E-state index in [1.54, 1.807) is 0 Å². The molecular weight excluding hydrogens is 206 g/mol. The van der Waals surface area contributed by atoms with Gasteiger partial charge in [0.25, 0.3) is 0 Å². The zero-order chi connectivity index (χ0) is 10.5. The third kappa shape index (κ3) is 9.51. The molecule has 84 valence electrons. The van der Waals surface area contributed by atoms with Gasteiger partial charge in [0.05, 0.1) is 21.1 Å². The summed E-state index contributed by atoms with van der Waals surface area (Å²) in [7, 11) is 5.87. The molecule has 1 unspecified atom stereocenters. The number of hydrogen-bond donors (Lipinski definition) is 1. The molecule has 0 aliphatic rings. The summed E-state index contributed by atoms with van der Waals surface area (Å²) in [6, 6.07) is 0. The Morgan fingerprint density at radius 2 is 2.07 bits per heavy atom. The lowest BCUT2D eigenvalue weighted by molar-refractivity contribution is -0.873. The minimum Gasteiger partial charge on any atom is -1.00 e. The van der Waals surface area contributed by atoms with Gasteiger partial charge < -0.3 is 26.7 Å². The van der Waals surface area contributed by atoms with Crippen molar-refractivity contribution in [2.75, 3.05) is 34.3 Å². The Morgan fingerprint density at radius 1 is 1.57 bits per heavy atom. The fourth-order valence-electron chi connectivity index (χ4n) is 0.922. The van der Waals surface area contributed by atoms with Crippen LogP contribution in [-0.4, -0.2) is 56.0 Å². The Hall–Kier alpha value is -0.580. The molecule has 0 aliphatic carbocycles. The predicted molar refractivity (Wildman–Crippen MR) is 50.1 cm³/mol. The molecule has 0 rings (SSSR count). The molecule has 0 radical (unpaired) electrons. The topological polar surface area (TPSA) is 46.5 Å². The maximum atomic E-state index is 10.6. The number of carbonyl (C=O) groups excluding carboxylic acids is 1. The summed E-state index contributed by atoms with van der Waals surface area (Å²) in [6.45, 7) is 3.83. The molecule has 0 spiro atoms. The molecule has 0 bridgehead atoms. The van der Waals surface area contributed by atoms with Crippen LogP contribution in [0.15, 0.2) is 12.7 Å². The van der Waals surface area contributed by atoms with Crippen molar-refractivity contribution in [2.45, 2.75) is 6.10 Å². The van der Waals surface area contributed by atoms with Crippen LogP contribution in [0.2, 0.25) is 0 Å². The van der Waals surface area contributed by atoms with E-state index in [4.69, 9.17) is 0 Å². The number of nitrogens with zero attached hydrogens (tertiary/aromatic N) is 1. The number of aliphatic hydroxyl groups is 1. The van der Waals surface area contributed by atoms with E-state index in [1.165, 1.54) is 0 Å². The van der Waals surface area contributed by atoms with Gasteiger partial charge >= 0.3 is 5.97 Å². The Morgan fingerprint density at radius 3 is 2.43 bits per heavy atom. The number of ether oxygens (including phenoxy) is 1. The maximum Gasteiger partial charge on any atom is 0.330 e. The lowest BCUT2D eigenvalue weighted by Crippen LogP contribution is -3.00. The van der Waals surface area contributed by atoms with Crippen molar-refractivity contribution in [3.05, 3.63) is 12.7 Å². The van der Waals surface area contributed by atoms with Gasteiger partial charge in [0.2, 0.25) is 0 Å². The summed E-state index contributed by atoms with van der Waals surface area (Å²) in [4.78, 5) is 10.6. The van der Waals surface area contributed by atoms with E-state index in [9.17, 15) is 9.90 Å². The molecule has 4 nitrogen and oxygen atoms in total. The first-order chi connectivity index (χ1) is 5.85. The van der Waals surface area contributed by atoms with Gasteiger partial charge in [0, 0.05) is 6.08 Å². The van der Waals surface area contributed by atoms with Gasteiger partial charge in [-0.25, -0.2) is 4.79 Å². The van der Waals surface area contributed by atoms with Crippen molar-refractivity contribution in [3.8, 4) is 0 Å². The van der Waals surface area contributed by atoms with Crippen molar-refractivity contribution >= 4 is 5.97 Å². The van der Waals surface area contributed by atoms with Crippen molar-refractivity contribution in [2.24, 2.45) is 0 Å². The zero-order valence-corrected chi connectivity index (χ0v) is 9.62. The Bertz CT molecular complexity index is 189. The second-order valence-electron chi connectivity index (χ2n) is 3.96. The molecule has 1 N–H and O–H groups in total. The highest BCUT2D eigenvalue weighted by molar-refractivity contribution is 5.81. The molecule has 14 heavy (non-hydrogen) atoms. The highest BCUT2D eigenvalue weighted by atomic mass is 35.5. The van der Waals surface area contributed by atoms with Gasteiger partial charge in [-0.2, -0.15) is 0 Å². The van der Waals surface area contributed by atoms with Crippen LogP contribution in [0.1, 0.15) is 0 Å². The van der Waals surface area contributed by atoms with Crippen molar-refractivity contribution in [1.82, 2.24) is 0 Å². The quantitative estimate of drug-likeness (QED) is 0.303. The van der Waals surface area contributed by atoms with Crippen molar-refractivity contribution < 1.29 is 31.5 Å². The first-order valence-corrected chi connectivity index (χ1v) is 4.13. The third-order valence-corrected chi connectivity index (χ3v) is 1.34. The highest BCUT2D eigenvalue weighted by Gasteiger charge is 2.16. The Balaban J connectivity index is 0. The average molecular weight is 224 g/mol. The fourth-order valence-corrected chi connectivity index (χ4v) is 0.922. The molecule has 1 atom stereocenters. The molecule has 5 heteroatoms. The average Bonchev–Trinajstić information content (AvgIpc) is 1.97. The highest BCUT2D eigenvalue weighted by Crippen LogP contribution is 1.95. The number of aliphatic hydroxyl groups excluding tert-OH is 1. The van der Waals surface area contributed by atoms with Gasteiger partial charge in [-0.15, -0.1) is 0 Å². The summed E-state index contributed by atoms with van der Waals surface area (Å²) in [5.41, 5.74) is 0. The van der Waals surface area contributed by atoms with Crippen LogP contribution in [0.4, 0.5) is 0 Å². The summed E-state index contributed by atoms with van der Waals surface area (Å²) in [5.74, 6) is -0.500. The minimum absolute atomic E-state index is 0. The maximum absolute atomic E-state index is 10.6. The second-order valence-corrected chi connectivity index (χ2v) is 3.96. The van der Waals surface area contributed by atoms with E-state index < -0.39 is 12.1 Å². The largest absolute Gasteiger partial charge is 1.00 e. The normalized spacial score (nSPS) is 12.6. The van der Waals surface area contributed by atoms with Crippen LogP contribution in [0, 0.1) is 0 Å². The van der Waals surface area contributed by atoms with E-state index in [1.807, 2.05) is 21.1 Å². The number of rotatable bonds is 5. The molecule has 0 heterocycles. The van der Waals surface area contributed by atoms with Crippen LogP contribution >= 0.6 is 0 Å². The molecule has 0 saturated carbocycles. The van der Waals surface area contributed by atoms with Crippen LogP contribution in [0.5, 0.6) is 0 Å². The standard InChI is InChI=1S/C9H18NO3.ClH/c1-5-9(12)13-7-8(11)6-10(2,3)4;/h5,8,11H,1,6-7H2,2-4H3;1H/q+1;/p-1. The Kier molecular flexibility index (Phi) is 7.72. The van der Waals surface area contributed by atoms with Gasteiger partial charge in [0.15, 0.2) is 0 Å². The number of quaternary nitrogens is 1. The van der Waals surface area contributed by atoms with Crippen molar-refractivity contribution in [1.29, 1.82) is 0 Å². The number of halogens is 1. The monoisotopic (exact) mass is 223 g/mol. The zero-order valence-electron chi connectivity index (χ0n) is 8.86. The number of hydrogen-bond acceptors (Lipinski definition) is 3. The van der Waals surface area contributed by atoms with Crippen LogP contribution in [0.3, 0.4) is 0 Å². The number of likely N-dealkylation sites (N-methyl/N-ethyl adjacent to an activating group) is 1. The van der Waals surface area contributed by atoms with E-state index in [2.05, 4.69) is 11.3 Å². The second kappa shape index (κ2) is 6.81. The van der Waals surface area contributed by atoms with Gasteiger partial charge in [0.1, 0.15) is 19.3 Å². The van der Waals surface area contributed by atoms with Gasteiger partial charge in [-0.05, 0) is 0 Å². The lowest BCUT2D eigenvalue weighted by Gasteiger charge is -2.26.